The van der Waals surface area contributed by atoms with E-state index in [-0.39, 0.29) is 11.5 Å². The molecular formula is C14H18F3N. The van der Waals surface area contributed by atoms with Gasteiger partial charge in [0.05, 0.1) is 5.56 Å². The van der Waals surface area contributed by atoms with E-state index in [2.05, 4.69) is 12.2 Å². The van der Waals surface area contributed by atoms with E-state index in [0.717, 1.165) is 24.9 Å². The number of hydrogen-bond donors (Lipinski definition) is 1. The Morgan fingerprint density at radius 3 is 2.17 bits per heavy atom. The van der Waals surface area contributed by atoms with Crippen molar-refractivity contribution in [1.82, 2.24) is 5.32 Å². The summed E-state index contributed by atoms with van der Waals surface area (Å²) in [6.07, 6.45) is -1.99. The molecule has 1 nitrogen and oxygen atoms in total. The molecule has 0 amide bonds. The van der Waals surface area contributed by atoms with Crippen LogP contribution >= 0.6 is 0 Å². The van der Waals surface area contributed by atoms with Gasteiger partial charge in [-0.2, -0.15) is 13.2 Å². The van der Waals surface area contributed by atoms with Crippen LogP contribution in [0.5, 0.6) is 0 Å². The standard InChI is InChI=1S/C14H18F3N/c1-3-18-12(13(2)8-9-13)10-4-6-11(7-5-10)14(15,16)17/h4-7,12,18H,3,8-9H2,1-2H3. The molecule has 1 aliphatic carbocycles. The van der Waals surface area contributed by atoms with Crippen LogP contribution in [-0.4, -0.2) is 6.54 Å². The van der Waals surface area contributed by atoms with Crippen LogP contribution in [0.1, 0.15) is 43.9 Å². The summed E-state index contributed by atoms with van der Waals surface area (Å²) in [5, 5.41) is 3.38. The molecule has 0 aliphatic heterocycles. The van der Waals surface area contributed by atoms with Crippen molar-refractivity contribution in [2.75, 3.05) is 6.54 Å². The number of rotatable bonds is 4. The highest BCUT2D eigenvalue weighted by Crippen LogP contribution is 2.54. The van der Waals surface area contributed by atoms with Crippen LogP contribution in [0.2, 0.25) is 0 Å². The molecule has 1 aliphatic rings. The van der Waals surface area contributed by atoms with Crippen molar-refractivity contribution in [2.45, 2.75) is 38.9 Å². The van der Waals surface area contributed by atoms with Crippen molar-refractivity contribution >= 4 is 0 Å². The fraction of sp³-hybridized carbons (Fsp3) is 0.571. The highest BCUT2D eigenvalue weighted by molar-refractivity contribution is 5.29. The first-order valence-corrected chi connectivity index (χ1v) is 6.27. The van der Waals surface area contributed by atoms with Gasteiger partial charge >= 0.3 is 6.18 Å². The summed E-state index contributed by atoms with van der Waals surface area (Å²) in [6.45, 7) is 5.02. The molecule has 1 aromatic rings. The Morgan fingerprint density at radius 2 is 1.78 bits per heavy atom. The maximum Gasteiger partial charge on any atom is 0.416 e. The Hall–Kier alpha value is -1.03. The quantitative estimate of drug-likeness (QED) is 0.854. The molecule has 0 radical (unpaired) electrons. The molecule has 100 valence electrons. The minimum absolute atomic E-state index is 0.157. The highest BCUT2D eigenvalue weighted by atomic mass is 19.4. The summed E-state index contributed by atoms with van der Waals surface area (Å²) in [5.41, 5.74) is 0.572. The molecule has 0 saturated heterocycles. The Morgan fingerprint density at radius 1 is 1.22 bits per heavy atom. The first-order chi connectivity index (χ1) is 8.37. The largest absolute Gasteiger partial charge is 0.416 e. The monoisotopic (exact) mass is 257 g/mol. The fourth-order valence-electron chi connectivity index (χ4n) is 2.32. The van der Waals surface area contributed by atoms with Crippen molar-refractivity contribution in [2.24, 2.45) is 5.41 Å². The average molecular weight is 257 g/mol. The lowest BCUT2D eigenvalue weighted by molar-refractivity contribution is -0.137. The van der Waals surface area contributed by atoms with Gasteiger partial charge in [-0.15, -0.1) is 0 Å². The molecule has 0 aromatic heterocycles. The van der Waals surface area contributed by atoms with Crippen molar-refractivity contribution in [3.8, 4) is 0 Å². The van der Waals surface area contributed by atoms with Gasteiger partial charge in [0.15, 0.2) is 0 Å². The van der Waals surface area contributed by atoms with Crippen LogP contribution in [0, 0.1) is 5.41 Å². The van der Waals surface area contributed by atoms with Gasteiger partial charge in [-0.05, 0) is 42.5 Å². The number of benzene rings is 1. The molecule has 4 heteroatoms. The summed E-state index contributed by atoms with van der Waals surface area (Å²) in [7, 11) is 0. The first-order valence-electron chi connectivity index (χ1n) is 6.27. The average Bonchev–Trinajstić information content (AvgIpc) is 3.04. The summed E-state index contributed by atoms with van der Waals surface area (Å²) in [6, 6.07) is 5.70. The third kappa shape index (κ3) is 2.69. The van der Waals surface area contributed by atoms with Gasteiger partial charge in [0.2, 0.25) is 0 Å². The van der Waals surface area contributed by atoms with E-state index in [1.807, 2.05) is 6.92 Å². The molecule has 1 atom stereocenters. The zero-order valence-electron chi connectivity index (χ0n) is 10.6. The molecule has 1 aromatic carbocycles. The summed E-state index contributed by atoms with van der Waals surface area (Å²) in [5.74, 6) is 0. The second-order valence-corrected chi connectivity index (χ2v) is 5.26. The molecule has 1 unspecified atom stereocenters. The SMILES string of the molecule is CCNC(c1ccc(C(F)(F)F)cc1)C1(C)CC1. The molecule has 2 rings (SSSR count). The summed E-state index contributed by atoms with van der Waals surface area (Å²) < 4.78 is 37.5. The number of hydrogen-bond acceptors (Lipinski definition) is 1. The van der Waals surface area contributed by atoms with Gasteiger partial charge in [0, 0.05) is 6.04 Å². The van der Waals surface area contributed by atoms with E-state index in [1.54, 1.807) is 12.1 Å². The van der Waals surface area contributed by atoms with Crippen LogP contribution in [-0.2, 0) is 6.18 Å². The van der Waals surface area contributed by atoms with E-state index in [4.69, 9.17) is 0 Å². The lowest BCUT2D eigenvalue weighted by Crippen LogP contribution is -2.27. The topological polar surface area (TPSA) is 12.0 Å². The zero-order chi connectivity index (χ0) is 13.4. The molecule has 0 heterocycles. The van der Waals surface area contributed by atoms with Crippen LogP contribution in [0.15, 0.2) is 24.3 Å². The first kappa shape index (κ1) is 13.4. The van der Waals surface area contributed by atoms with Gasteiger partial charge in [-0.1, -0.05) is 26.0 Å². The second-order valence-electron chi connectivity index (χ2n) is 5.26. The number of nitrogens with one attached hydrogen (secondary N) is 1. The molecular weight excluding hydrogens is 239 g/mol. The number of halogens is 3. The van der Waals surface area contributed by atoms with Crippen molar-refractivity contribution < 1.29 is 13.2 Å². The Kier molecular flexibility index (Phi) is 3.41. The van der Waals surface area contributed by atoms with E-state index in [1.165, 1.54) is 12.1 Å². The van der Waals surface area contributed by atoms with E-state index < -0.39 is 11.7 Å². The minimum Gasteiger partial charge on any atom is -0.310 e. The fourth-order valence-corrected chi connectivity index (χ4v) is 2.32. The minimum atomic E-state index is -4.25. The summed E-state index contributed by atoms with van der Waals surface area (Å²) >= 11 is 0. The van der Waals surface area contributed by atoms with Crippen molar-refractivity contribution in [3.63, 3.8) is 0 Å². The van der Waals surface area contributed by atoms with Crippen molar-refractivity contribution in [3.05, 3.63) is 35.4 Å². The van der Waals surface area contributed by atoms with Crippen molar-refractivity contribution in [1.29, 1.82) is 0 Å². The molecule has 0 spiro atoms. The molecule has 18 heavy (non-hydrogen) atoms. The van der Waals surface area contributed by atoms with Crippen LogP contribution in [0.4, 0.5) is 13.2 Å². The van der Waals surface area contributed by atoms with Gasteiger partial charge in [-0.3, -0.25) is 0 Å². The lowest BCUT2D eigenvalue weighted by atomic mass is 9.91. The third-order valence-electron chi connectivity index (χ3n) is 3.72. The number of alkyl halides is 3. The molecule has 1 N–H and O–H groups in total. The van der Waals surface area contributed by atoms with Crippen LogP contribution < -0.4 is 5.32 Å². The van der Waals surface area contributed by atoms with Crippen LogP contribution in [0.3, 0.4) is 0 Å². The maximum absolute atomic E-state index is 12.5. The molecule has 1 fully saturated rings. The molecule has 0 bridgehead atoms. The van der Waals surface area contributed by atoms with Crippen LogP contribution in [0.25, 0.3) is 0 Å². The third-order valence-corrected chi connectivity index (χ3v) is 3.72. The van der Waals surface area contributed by atoms with E-state index in [0.29, 0.717) is 0 Å². The van der Waals surface area contributed by atoms with Gasteiger partial charge in [-0.25, -0.2) is 0 Å². The van der Waals surface area contributed by atoms with Gasteiger partial charge < -0.3 is 5.32 Å². The predicted molar refractivity (Wildman–Crippen MR) is 65.2 cm³/mol. The lowest BCUT2D eigenvalue weighted by Gasteiger charge is -2.25. The molecule has 1 saturated carbocycles. The Labute approximate surface area is 105 Å². The normalized spacial score (nSPS) is 19.6. The Balaban J connectivity index is 2.22. The summed E-state index contributed by atoms with van der Waals surface area (Å²) in [4.78, 5) is 0. The van der Waals surface area contributed by atoms with Gasteiger partial charge in [0.1, 0.15) is 0 Å². The maximum atomic E-state index is 12.5. The second kappa shape index (κ2) is 4.57. The zero-order valence-corrected chi connectivity index (χ0v) is 10.6. The Bertz CT molecular complexity index is 404. The highest BCUT2D eigenvalue weighted by Gasteiger charge is 2.45. The van der Waals surface area contributed by atoms with E-state index in [9.17, 15) is 13.2 Å². The van der Waals surface area contributed by atoms with E-state index >= 15 is 0 Å². The smallest absolute Gasteiger partial charge is 0.310 e. The predicted octanol–water partition coefficient (Wildman–Crippen LogP) is 4.16. The van der Waals surface area contributed by atoms with Gasteiger partial charge in [0.25, 0.3) is 0 Å².